The summed E-state index contributed by atoms with van der Waals surface area (Å²) in [6, 6.07) is 7.95. The number of benzene rings is 1. The quantitative estimate of drug-likeness (QED) is 0.940. The number of aromatic nitrogens is 2. The van der Waals surface area contributed by atoms with Crippen molar-refractivity contribution in [3.63, 3.8) is 0 Å². The maximum Gasteiger partial charge on any atom is 0.241 e. The molecule has 0 aliphatic carbocycles. The highest BCUT2D eigenvalue weighted by atomic mass is 35.5. The largest absolute Gasteiger partial charge is 0.338 e. The molecule has 1 unspecified atom stereocenters. The van der Waals surface area contributed by atoms with Gasteiger partial charge >= 0.3 is 0 Å². The Kier molecular flexibility index (Phi) is 4.00. The van der Waals surface area contributed by atoms with Crippen molar-refractivity contribution in [2.75, 3.05) is 19.6 Å². The highest BCUT2D eigenvalue weighted by molar-refractivity contribution is 6.30. The summed E-state index contributed by atoms with van der Waals surface area (Å²) in [6.07, 6.45) is 0. The van der Waals surface area contributed by atoms with Gasteiger partial charge in [0.1, 0.15) is 0 Å². The average Bonchev–Trinajstić information content (AvgIpc) is 2.90. The first kappa shape index (κ1) is 13.5. The van der Waals surface area contributed by atoms with E-state index in [1.807, 2.05) is 24.3 Å². The molecule has 1 aromatic heterocycles. The van der Waals surface area contributed by atoms with Gasteiger partial charge in [0, 0.05) is 36.3 Å². The Morgan fingerprint density at radius 1 is 1.50 bits per heavy atom. The van der Waals surface area contributed by atoms with E-state index in [0.29, 0.717) is 29.3 Å². The fourth-order valence-corrected chi connectivity index (χ4v) is 2.55. The first-order valence-electron chi connectivity index (χ1n) is 6.75. The van der Waals surface area contributed by atoms with Crippen molar-refractivity contribution in [1.29, 1.82) is 0 Å². The molecule has 6 heteroatoms. The van der Waals surface area contributed by atoms with Crippen molar-refractivity contribution < 1.29 is 4.52 Å². The molecule has 0 spiro atoms. The zero-order chi connectivity index (χ0) is 13.9. The third-order valence-corrected chi connectivity index (χ3v) is 3.76. The second-order valence-electron chi connectivity index (χ2n) is 5.05. The van der Waals surface area contributed by atoms with Gasteiger partial charge in [-0.25, -0.2) is 0 Å². The van der Waals surface area contributed by atoms with E-state index in [9.17, 15) is 0 Å². The van der Waals surface area contributed by atoms with Crippen LogP contribution < -0.4 is 5.32 Å². The summed E-state index contributed by atoms with van der Waals surface area (Å²) in [5.74, 6) is 1.24. The van der Waals surface area contributed by atoms with E-state index in [-0.39, 0.29) is 0 Å². The van der Waals surface area contributed by atoms with Crippen LogP contribution in [0.25, 0.3) is 11.4 Å². The summed E-state index contributed by atoms with van der Waals surface area (Å²) in [5, 5.41) is 8.07. The van der Waals surface area contributed by atoms with Crippen LogP contribution in [0, 0.1) is 0 Å². The van der Waals surface area contributed by atoms with Crippen LogP contribution in [0.5, 0.6) is 0 Å². The Bertz CT molecular complexity index is 586. The number of nitrogens with one attached hydrogen (secondary N) is 1. The highest BCUT2D eigenvalue weighted by Crippen LogP contribution is 2.20. The van der Waals surface area contributed by atoms with Gasteiger partial charge in [0.25, 0.3) is 0 Å². The van der Waals surface area contributed by atoms with E-state index in [4.69, 9.17) is 16.1 Å². The Morgan fingerprint density at radius 3 is 3.20 bits per heavy atom. The predicted molar refractivity (Wildman–Crippen MR) is 77.5 cm³/mol. The number of hydrogen-bond acceptors (Lipinski definition) is 5. The van der Waals surface area contributed by atoms with Gasteiger partial charge < -0.3 is 9.84 Å². The lowest BCUT2D eigenvalue weighted by Gasteiger charge is -2.32. The zero-order valence-corrected chi connectivity index (χ0v) is 12.1. The van der Waals surface area contributed by atoms with Crippen molar-refractivity contribution in [2.45, 2.75) is 19.5 Å². The zero-order valence-electron chi connectivity index (χ0n) is 11.3. The first-order chi connectivity index (χ1) is 9.72. The molecule has 3 rings (SSSR count). The lowest BCUT2D eigenvalue weighted by Crippen LogP contribution is -2.49. The van der Waals surface area contributed by atoms with E-state index in [0.717, 1.165) is 25.2 Å². The molecule has 1 N–H and O–H groups in total. The van der Waals surface area contributed by atoms with Crippen LogP contribution in [0.1, 0.15) is 12.8 Å². The number of piperazine rings is 1. The monoisotopic (exact) mass is 292 g/mol. The van der Waals surface area contributed by atoms with Crippen LogP contribution in [0.2, 0.25) is 5.02 Å². The molecule has 20 heavy (non-hydrogen) atoms. The Labute approximate surface area is 122 Å². The van der Waals surface area contributed by atoms with Gasteiger partial charge in [-0.2, -0.15) is 4.98 Å². The molecule has 5 nitrogen and oxygen atoms in total. The average molecular weight is 293 g/mol. The van der Waals surface area contributed by atoms with Gasteiger partial charge in [-0.1, -0.05) is 28.9 Å². The molecule has 0 bridgehead atoms. The van der Waals surface area contributed by atoms with Crippen LogP contribution in [0.4, 0.5) is 0 Å². The molecule has 0 radical (unpaired) electrons. The van der Waals surface area contributed by atoms with Crippen molar-refractivity contribution in [1.82, 2.24) is 20.4 Å². The summed E-state index contributed by atoms with van der Waals surface area (Å²) in [7, 11) is 0. The molecule has 2 aromatic rings. The Morgan fingerprint density at radius 2 is 2.40 bits per heavy atom. The Balaban J connectivity index is 1.73. The first-order valence-corrected chi connectivity index (χ1v) is 7.13. The van der Waals surface area contributed by atoms with Crippen LogP contribution in [0.15, 0.2) is 28.8 Å². The summed E-state index contributed by atoms with van der Waals surface area (Å²) < 4.78 is 5.34. The van der Waals surface area contributed by atoms with Crippen LogP contribution in [0.3, 0.4) is 0 Å². The molecule has 1 aromatic carbocycles. The van der Waals surface area contributed by atoms with Gasteiger partial charge in [-0.05, 0) is 19.1 Å². The number of hydrogen-bond donors (Lipinski definition) is 1. The fraction of sp³-hybridized carbons (Fsp3) is 0.429. The molecule has 2 heterocycles. The normalized spacial score (nSPS) is 20.2. The summed E-state index contributed by atoms with van der Waals surface area (Å²) in [6.45, 7) is 5.88. The molecule has 0 amide bonds. The minimum absolute atomic E-state index is 0.477. The molecule has 1 aliphatic rings. The SMILES string of the molecule is CC1CNCCN1Cc1nc(-c2cccc(Cl)c2)no1. The van der Waals surface area contributed by atoms with Gasteiger partial charge in [0.15, 0.2) is 0 Å². The van der Waals surface area contributed by atoms with Gasteiger partial charge in [-0.15, -0.1) is 0 Å². The molecule has 1 aliphatic heterocycles. The van der Waals surface area contributed by atoms with E-state index in [1.54, 1.807) is 0 Å². The van der Waals surface area contributed by atoms with Crippen LogP contribution in [-0.2, 0) is 6.54 Å². The van der Waals surface area contributed by atoms with Crippen molar-refractivity contribution in [3.8, 4) is 11.4 Å². The summed E-state index contributed by atoms with van der Waals surface area (Å²) in [5.41, 5.74) is 0.876. The molecule has 1 fully saturated rings. The third kappa shape index (κ3) is 3.00. The molecule has 106 valence electrons. The number of rotatable bonds is 3. The second kappa shape index (κ2) is 5.91. The summed E-state index contributed by atoms with van der Waals surface area (Å²) >= 11 is 5.97. The van der Waals surface area contributed by atoms with Crippen molar-refractivity contribution in [2.24, 2.45) is 0 Å². The van der Waals surface area contributed by atoms with E-state index in [2.05, 4.69) is 27.3 Å². The van der Waals surface area contributed by atoms with E-state index < -0.39 is 0 Å². The number of nitrogens with zero attached hydrogens (tertiary/aromatic N) is 3. The minimum Gasteiger partial charge on any atom is -0.338 e. The predicted octanol–water partition coefficient (Wildman–Crippen LogP) is 2.18. The molecule has 1 saturated heterocycles. The van der Waals surface area contributed by atoms with E-state index in [1.165, 1.54) is 0 Å². The standard InChI is InChI=1S/C14H17ClN4O/c1-10-8-16-5-6-19(10)9-13-17-14(18-20-13)11-3-2-4-12(15)7-11/h2-4,7,10,16H,5-6,8-9H2,1H3. The topological polar surface area (TPSA) is 54.2 Å². The van der Waals surface area contributed by atoms with Gasteiger partial charge in [-0.3, -0.25) is 4.90 Å². The maximum atomic E-state index is 5.97. The second-order valence-corrected chi connectivity index (χ2v) is 5.48. The van der Waals surface area contributed by atoms with E-state index >= 15 is 0 Å². The van der Waals surface area contributed by atoms with Gasteiger partial charge in [0.2, 0.25) is 11.7 Å². The lowest BCUT2D eigenvalue weighted by molar-refractivity contribution is 0.146. The third-order valence-electron chi connectivity index (χ3n) is 3.53. The van der Waals surface area contributed by atoms with Gasteiger partial charge in [0.05, 0.1) is 6.54 Å². The lowest BCUT2D eigenvalue weighted by atomic mass is 10.2. The molecular weight excluding hydrogens is 276 g/mol. The van der Waals surface area contributed by atoms with Crippen LogP contribution >= 0.6 is 11.6 Å². The smallest absolute Gasteiger partial charge is 0.241 e. The van der Waals surface area contributed by atoms with Crippen molar-refractivity contribution >= 4 is 11.6 Å². The maximum absolute atomic E-state index is 5.97. The molecule has 0 saturated carbocycles. The highest BCUT2D eigenvalue weighted by Gasteiger charge is 2.20. The van der Waals surface area contributed by atoms with Crippen molar-refractivity contribution in [3.05, 3.63) is 35.2 Å². The number of halogens is 1. The molecular formula is C14H17ClN4O. The van der Waals surface area contributed by atoms with Crippen LogP contribution in [-0.4, -0.2) is 40.7 Å². The summed E-state index contributed by atoms with van der Waals surface area (Å²) in [4.78, 5) is 6.79. The Hall–Kier alpha value is -1.43. The fourth-order valence-electron chi connectivity index (χ4n) is 2.36. The minimum atomic E-state index is 0.477. The molecule has 1 atom stereocenters.